The Morgan fingerprint density at radius 2 is 2.00 bits per heavy atom. The van der Waals surface area contributed by atoms with E-state index >= 15 is 0 Å². The molecule has 2 rings (SSSR count). The maximum Gasteiger partial charge on any atom is 0.225 e. The normalized spacial score (nSPS) is 11.4. The molecule has 2 heterocycles. The molecule has 112 valence electrons. The van der Waals surface area contributed by atoms with E-state index in [2.05, 4.69) is 20.3 Å². The molecule has 0 saturated heterocycles. The second kappa shape index (κ2) is 5.51. The number of hydrogen-bond donors (Lipinski definition) is 2. The van der Waals surface area contributed by atoms with Gasteiger partial charge >= 0.3 is 0 Å². The fourth-order valence-corrected chi connectivity index (χ4v) is 1.79. The molecule has 0 aliphatic rings. The van der Waals surface area contributed by atoms with Crippen LogP contribution in [-0.4, -0.2) is 28.0 Å². The zero-order valence-electron chi connectivity index (χ0n) is 12.5. The van der Waals surface area contributed by atoms with Gasteiger partial charge in [-0.3, -0.25) is 9.59 Å². The summed E-state index contributed by atoms with van der Waals surface area (Å²) in [7, 11) is 1.45. The molecule has 0 aliphatic heterocycles. The second-order valence-corrected chi connectivity index (χ2v) is 5.65. The summed E-state index contributed by atoms with van der Waals surface area (Å²) in [5.41, 5.74) is 0.0611. The summed E-state index contributed by atoms with van der Waals surface area (Å²) in [5.74, 6) is 0.130. The molecule has 0 aliphatic carbocycles. The molecule has 2 N–H and O–H groups in total. The highest BCUT2D eigenvalue weighted by Gasteiger charge is 2.22. The fourth-order valence-electron chi connectivity index (χ4n) is 1.79. The number of aromatic amines is 1. The van der Waals surface area contributed by atoms with Crippen LogP contribution in [0.2, 0.25) is 0 Å². The first-order valence-corrected chi connectivity index (χ1v) is 6.52. The van der Waals surface area contributed by atoms with Gasteiger partial charge in [0.05, 0.1) is 19.2 Å². The number of methoxy groups -OCH3 is 1. The summed E-state index contributed by atoms with van der Waals surface area (Å²) in [5, 5.41) is 2.73. The molecule has 2 aromatic heterocycles. The van der Waals surface area contributed by atoms with Crippen molar-refractivity contribution in [1.82, 2.24) is 20.3 Å². The van der Waals surface area contributed by atoms with Crippen LogP contribution in [0.15, 0.2) is 17.2 Å². The second-order valence-electron chi connectivity index (χ2n) is 5.65. The van der Waals surface area contributed by atoms with E-state index < -0.39 is 5.41 Å². The highest BCUT2D eigenvalue weighted by molar-refractivity contribution is 5.81. The number of H-pyrrole nitrogens is 1. The van der Waals surface area contributed by atoms with E-state index in [1.54, 1.807) is 20.8 Å². The minimum atomic E-state index is -0.531. The van der Waals surface area contributed by atoms with Crippen molar-refractivity contribution in [3.63, 3.8) is 0 Å². The zero-order chi connectivity index (χ0) is 15.6. The molecule has 1 amide bonds. The maximum absolute atomic E-state index is 12.4. The number of fused-ring (bicyclic) bond motifs is 1. The predicted molar refractivity (Wildman–Crippen MR) is 78.0 cm³/mol. The van der Waals surface area contributed by atoms with Crippen LogP contribution in [0.1, 0.15) is 26.3 Å². The third kappa shape index (κ3) is 3.01. The number of carbonyl (C=O) groups is 1. The predicted octanol–water partition coefficient (Wildman–Crippen LogP) is 0.989. The Bertz CT molecular complexity index is 731. The van der Waals surface area contributed by atoms with Crippen molar-refractivity contribution in [2.45, 2.75) is 27.3 Å². The minimum absolute atomic E-state index is 0.0706. The summed E-state index contributed by atoms with van der Waals surface area (Å²) >= 11 is 0. The summed E-state index contributed by atoms with van der Waals surface area (Å²) in [6, 6.07) is 0. The number of aromatic nitrogens is 3. The Morgan fingerprint density at radius 1 is 1.33 bits per heavy atom. The van der Waals surface area contributed by atoms with Crippen molar-refractivity contribution >= 4 is 17.1 Å². The van der Waals surface area contributed by atoms with E-state index in [0.29, 0.717) is 11.2 Å². The Morgan fingerprint density at radius 3 is 2.62 bits per heavy atom. The van der Waals surface area contributed by atoms with Crippen LogP contribution < -0.4 is 15.5 Å². The quantitative estimate of drug-likeness (QED) is 0.878. The first-order chi connectivity index (χ1) is 9.84. The molecule has 0 aromatic carbocycles. The van der Waals surface area contributed by atoms with Crippen molar-refractivity contribution in [3.05, 3.63) is 28.2 Å². The van der Waals surface area contributed by atoms with Crippen LogP contribution in [0.5, 0.6) is 5.88 Å². The van der Waals surface area contributed by atoms with E-state index in [0.717, 1.165) is 0 Å². The van der Waals surface area contributed by atoms with Crippen molar-refractivity contribution < 1.29 is 9.53 Å². The van der Waals surface area contributed by atoms with Crippen LogP contribution >= 0.6 is 0 Å². The van der Waals surface area contributed by atoms with Crippen LogP contribution in [-0.2, 0) is 11.3 Å². The average molecular weight is 290 g/mol. The molecule has 0 spiro atoms. The van der Waals surface area contributed by atoms with Crippen LogP contribution in [0.3, 0.4) is 0 Å². The van der Waals surface area contributed by atoms with Gasteiger partial charge in [-0.15, -0.1) is 0 Å². The monoisotopic (exact) mass is 290 g/mol. The lowest BCUT2D eigenvalue weighted by atomic mass is 9.95. The van der Waals surface area contributed by atoms with Gasteiger partial charge in [0.2, 0.25) is 17.2 Å². The van der Waals surface area contributed by atoms with Gasteiger partial charge in [-0.1, -0.05) is 20.8 Å². The van der Waals surface area contributed by atoms with Crippen molar-refractivity contribution in [3.8, 4) is 5.88 Å². The molecule has 21 heavy (non-hydrogen) atoms. The van der Waals surface area contributed by atoms with E-state index in [1.807, 2.05) is 0 Å². The lowest BCUT2D eigenvalue weighted by molar-refractivity contribution is -0.128. The van der Waals surface area contributed by atoms with Gasteiger partial charge in [0.1, 0.15) is 0 Å². The van der Waals surface area contributed by atoms with Crippen LogP contribution in [0.4, 0.5) is 0 Å². The molecule has 0 saturated carbocycles. The lowest BCUT2D eigenvalue weighted by Gasteiger charge is -2.18. The molecular weight excluding hydrogens is 272 g/mol. The molecule has 0 unspecified atom stereocenters. The molecule has 7 nitrogen and oxygen atoms in total. The third-order valence-electron chi connectivity index (χ3n) is 3.00. The topological polar surface area (TPSA) is 97.0 Å². The number of ether oxygens (including phenoxy) is 1. The number of rotatable bonds is 3. The SMILES string of the molecule is COc1[nH]c2nccnc2c(=O)c1CNC(=O)C(C)(C)C. The number of hydrogen-bond acceptors (Lipinski definition) is 5. The molecule has 0 fully saturated rings. The van der Waals surface area contributed by atoms with Gasteiger partial charge in [-0.05, 0) is 0 Å². The van der Waals surface area contributed by atoms with Gasteiger partial charge in [-0.25, -0.2) is 9.97 Å². The van der Waals surface area contributed by atoms with Gasteiger partial charge in [-0.2, -0.15) is 0 Å². The standard InChI is InChI=1S/C14H18N4O3/c1-14(2,3)13(20)17-7-8-10(19)9-11(16-6-5-15-9)18-12(8)21-4/h5-6H,7H2,1-4H3,(H,17,20)(H,16,18,19). The smallest absolute Gasteiger partial charge is 0.225 e. The molecule has 0 atom stereocenters. The van der Waals surface area contributed by atoms with E-state index in [9.17, 15) is 9.59 Å². The van der Waals surface area contributed by atoms with E-state index in [4.69, 9.17) is 4.74 Å². The van der Waals surface area contributed by atoms with Crippen LogP contribution in [0, 0.1) is 5.41 Å². The molecule has 0 radical (unpaired) electrons. The van der Waals surface area contributed by atoms with Crippen LogP contribution in [0.25, 0.3) is 11.2 Å². The first kappa shape index (κ1) is 15.0. The molecule has 2 aromatic rings. The molecule has 7 heteroatoms. The Balaban J connectivity index is 2.41. The van der Waals surface area contributed by atoms with E-state index in [-0.39, 0.29) is 29.3 Å². The summed E-state index contributed by atoms with van der Waals surface area (Å²) in [4.78, 5) is 35.3. The summed E-state index contributed by atoms with van der Waals surface area (Å²) < 4.78 is 5.18. The van der Waals surface area contributed by atoms with Gasteiger partial charge in [0.25, 0.3) is 0 Å². The third-order valence-corrected chi connectivity index (χ3v) is 3.00. The van der Waals surface area contributed by atoms with Crippen molar-refractivity contribution in [2.75, 3.05) is 7.11 Å². The molecule has 0 bridgehead atoms. The Kier molecular flexibility index (Phi) is 3.93. The maximum atomic E-state index is 12.4. The number of carbonyl (C=O) groups excluding carboxylic acids is 1. The fraction of sp³-hybridized carbons (Fsp3) is 0.429. The van der Waals surface area contributed by atoms with Crippen molar-refractivity contribution in [1.29, 1.82) is 0 Å². The zero-order valence-corrected chi connectivity index (χ0v) is 12.5. The Hall–Kier alpha value is -2.44. The average Bonchev–Trinajstić information content (AvgIpc) is 2.44. The first-order valence-electron chi connectivity index (χ1n) is 6.52. The van der Waals surface area contributed by atoms with Gasteiger partial charge < -0.3 is 15.0 Å². The minimum Gasteiger partial charge on any atom is -0.482 e. The van der Waals surface area contributed by atoms with Gasteiger partial charge in [0.15, 0.2) is 11.2 Å². The highest BCUT2D eigenvalue weighted by Crippen LogP contribution is 2.16. The highest BCUT2D eigenvalue weighted by atomic mass is 16.5. The Labute approximate surface area is 121 Å². The van der Waals surface area contributed by atoms with Gasteiger partial charge in [0, 0.05) is 17.8 Å². The number of pyridine rings is 1. The van der Waals surface area contributed by atoms with E-state index in [1.165, 1.54) is 19.5 Å². The number of nitrogens with one attached hydrogen (secondary N) is 2. The molecular formula is C14H18N4O3. The van der Waals surface area contributed by atoms with Crippen molar-refractivity contribution in [2.24, 2.45) is 5.41 Å². The summed E-state index contributed by atoms with van der Waals surface area (Å²) in [6.07, 6.45) is 2.93. The lowest BCUT2D eigenvalue weighted by Crippen LogP contribution is -2.35. The summed E-state index contributed by atoms with van der Waals surface area (Å²) in [6.45, 7) is 5.47. The number of nitrogens with zero attached hydrogens (tertiary/aromatic N) is 2. The number of amides is 1. The largest absolute Gasteiger partial charge is 0.482 e.